The molecule has 0 spiro atoms. The van der Waals surface area contributed by atoms with Gasteiger partial charge in [0, 0.05) is 23.9 Å². The smallest absolute Gasteiger partial charge is 0.260 e. The van der Waals surface area contributed by atoms with Crippen LogP contribution < -0.4 is 9.47 Å². The second-order valence-corrected chi connectivity index (χ2v) is 8.34. The van der Waals surface area contributed by atoms with E-state index in [-0.39, 0.29) is 12.5 Å². The minimum Gasteiger partial charge on any atom is -0.493 e. The van der Waals surface area contributed by atoms with Gasteiger partial charge in [-0.15, -0.1) is 11.3 Å². The average Bonchev–Trinajstić information content (AvgIpc) is 3.16. The molecule has 0 bridgehead atoms. The predicted molar refractivity (Wildman–Crippen MR) is 106 cm³/mol. The number of rotatable bonds is 5. The van der Waals surface area contributed by atoms with E-state index in [4.69, 9.17) is 14.5 Å². The first-order valence-electron chi connectivity index (χ1n) is 9.76. The molecule has 144 valence electrons. The van der Waals surface area contributed by atoms with Gasteiger partial charge in [0.2, 0.25) is 0 Å². The molecule has 0 unspecified atom stereocenters. The molecule has 5 nitrogen and oxygen atoms in total. The van der Waals surface area contributed by atoms with Crippen molar-refractivity contribution in [2.75, 3.05) is 26.8 Å². The SMILES string of the molecule is COc1ccccc1OCC(=O)N1CCC(c2nc3c(s2)CCCC3)CC1. The van der Waals surface area contributed by atoms with E-state index in [2.05, 4.69) is 0 Å². The topological polar surface area (TPSA) is 51.7 Å². The van der Waals surface area contributed by atoms with Gasteiger partial charge in [0.25, 0.3) is 5.91 Å². The number of methoxy groups -OCH3 is 1. The first kappa shape index (κ1) is 18.3. The van der Waals surface area contributed by atoms with Crippen LogP contribution in [0.5, 0.6) is 11.5 Å². The van der Waals surface area contributed by atoms with Gasteiger partial charge in [0.1, 0.15) is 0 Å². The van der Waals surface area contributed by atoms with Crippen LogP contribution in [-0.4, -0.2) is 42.6 Å². The Morgan fingerprint density at radius 1 is 1.19 bits per heavy atom. The molecule has 2 heterocycles. The van der Waals surface area contributed by atoms with Crippen molar-refractivity contribution in [2.24, 2.45) is 0 Å². The molecule has 27 heavy (non-hydrogen) atoms. The number of nitrogens with zero attached hydrogens (tertiary/aromatic N) is 2. The summed E-state index contributed by atoms with van der Waals surface area (Å²) in [5, 5.41) is 1.29. The maximum Gasteiger partial charge on any atom is 0.260 e. The quantitative estimate of drug-likeness (QED) is 0.784. The highest BCUT2D eigenvalue weighted by Crippen LogP contribution is 2.35. The molecular formula is C21H26N2O3S. The summed E-state index contributed by atoms with van der Waals surface area (Å²) in [4.78, 5) is 20.9. The largest absolute Gasteiger partial charge is 0.493 e. The lowest BCUT2D eigenvalue weighted by molar-refractivity contribution is -0.134. The monoisotopic (exact) mass is 386 g/mol. The van der Waals surface area contributed by atoms with E-state index in [1.54, 1.807) is 7.11 Å². The summed E-state index contributed by atoms with van der Waals surface area (Å²) < 4.78 is 10.9. The Kier molecular flexibility index (Phi) is 5.62. The fraction of sp³-hybridized carbons (Fsp3) is 0.524. The second kappa shape index (κ2) is 8.30. The Morgan fingerprint density at radius 3 is 2.67 bits per heavy atom. The van der Waals surface area contributed by atoms with Gasteiger partial charge in [-0.2, -0.15) is 0 Å². The number of carbonyl (C=O) groups is 1. The van der Waals surface area contributed by atoms with Gasteiger partial charge in [-0.1, -0.05) is 12.1 Å². The van der Waals surface area contributed by atoms with Crippen molar-refractivity contribution in [3.8, 4) is 11.5 Å². The molecule has 1 aliphatic heterocycles. The molecule has 1 aromatic carbocycles. The number of hydrogen-bond donors (Lipinski definition) is 0. The van der Waals surface area contributed by atoms with E-state index >= 15 is 0 Å². The minimum atomic E-state index is 0.0396. The molecule has 0 saturated carbocycles. The molecule has 2 aromatic rings. The molecule has 0 radical (unpaired) electrons. The molecule has 4 rings (SSSR count). The lowest BCUT2D eigenvalue weighted by Gasteiger charge is -2.31. The molecule has 2 aliphatic rings. The standard InChI is InChI=1S/C21H26N2O3S/c1-25-17-7-3-4-8-18(17)26-14-20(24)23-12-10-15(11-13-23)21-22-16-6-2-5-9-19(16)27-21/h3-4,7-8,15H,2,5-6,9-14H2,1H3. The number of benzene rings is 1. The zero-order valence-electron chi connectivity index (χ0n) is 15.8. The maximum absolute atomic E-state index is 12.5. The van der Waals surface area contributed by atoms with Gasteiger partial charge < -0.3 is 14.4 Å². The Hall–Kier alpha value is -2.08. The van der Waals surface area contributed by atoms with Crippen LogP contribution in [0.25, 0.3) is 0 Å². The number of ether oxygens (including phenoxy) is 2. The summed E-state index contributed by atoms with van der Waals surface area (Å²) in [6, 6.07) is 7.41. The Bertz CT molecular complexity index is 773. The third kappa shape index (κ3) is 4.10. The fourth-order valence-corrected chi connectivity index (χ4v) is 5.21. The van der Waals surface area contributed by atoms with E-state index in [1.165, 1.54) is 34.8 Å². The third-order valence-corrected chi connectivity index (χ3v) is 6.80. The van der Waals surface area contributed by atoms with Crippen LogP contribution in [0.3, 0.4) is 0 Å². The summed E-state index contributed by atoms with van der Waals surface area (Å²) >= 11 is 1.91. The Labute approximate surface area is 164 Å². The van der Waals surface area contributed by atoms with Crippen LogP contribution in [0.1, 0.15) is 47.2 Å². The van der Waals surface area contributed by atoms with E-state index in [1.807, 2.05) is 40.5 Å². The van der Waals surface area contributed by atoms with Crippen LogP contribution in [0.15, 0.2) is 24.3 Å². The predicted octanol–water partition coefficient (Wildman–Crippen LogP) is 3.82. The summed E-state index contributed by atoms with van der Waals surface area (Å²) in [7, 11) is 1.60. The number of aryl methyl sites for hydroxylation is 2. The van der Waals surface area contributed by atoms with Crippen molar-refractivity contribution >= 4 is 17.2 Å². The van der Waals surface area contributed by atoms with Gasteiger partial charge in [-0.3, -0.25) is 4.79 Å². The number of para-hydroxylation sites is 2. The second-order valence-electron chi connectivity index (χ2n) is 7.22. The number of amides is 1. The fourth-order valence-electron chi connectivity index (χ4n) is 3.89. The molecule has 1 saturated heterocycles. The van der Waals surface area contributed by atoms with Gasteiger partial charge >= 0.3 is 0 Å². The van der Waals surface area contributed by atoms with E-state index in [0.717, 1.165) is 32.4 Å². The molecular weight excluding hydrogens is 360 g/mol. The number of fused-ring (bicyclic) bond motifs is 1. The number of aromatic nitrogens is 1. The van der Waals surface area contributed by atoms with Crippen molar-refractivity contribution in [1.82, 2.24) is 9.88 Å². The van der Waals surface area contributed by atoms with E-state index in [0.29, 0.717) is 17.4 Å². The number of piperidine rings is 1. The number of thiazole rings is 1. The van der Waals surface area contributed by atoms with Crippen LogP contribution in [0.2, 0.25) is 0 Å². The normalized spacial score (nSPS) is 17.4. The van der Waals surface area contributed by atoms with Crippen LogP contribution in [-0.2, 0) is 17.6 Å². The minimum absolute atomic E-state index is 0.0396. The molecule has 0 N–H and O–H groups in total. The number of likely N-dealkylation sites (tertiary alicyclic amines) is 1. The molecule has 1 aromatic heterocycles. The lowest BCUT2D eigenvalue weighted by atomic mass is 9.97. The molecule has 1 fully saturated rings. The zero-order valence-corrected chi connectivity index (χ0v) is 16.6. The van der Waals surface area contributed by atoms with Gasteiger partial charge in [0.05, 0.1) is 17.8 Å². The highest BCUT2D eigenvalue weighted by atomic mass is 32.1. The average molecular weight is 387 g/mol. The highest BCUT2D eigenvalue weighted by molar-refractivity contribution is 7.11. The summed E-state index contributed by atoms with van der Waals surface area (Å²) in [6.45, 7) is 1.61. The van der Waals surface area contributed by atoms with Gasteiger partial charge in [-0.25, -0.2) is 4.98 Å². The Morgan fingerprint density at radius 2 is 1.93 bits per heavy atom. The maximum atomic E-state index is 12.5. The van der Waals surface area contributed by atoms with Crippen LogP contribution in [0, 0.1) is 0 Å². The zero-order chi connectivity index (χ0) is 18.6. The van der Waals surface area contributed by atoms with Crippen molar-refractivity contribution in [2.45, 2.75) is 44.4 Å². The molecule has 0 atom stereocenters. The highest BCUT2D eigenvalue weighted by Gasteiger charge is 2.27. The summed E-state index contributed by atoms with van der Waals surface area (Å²) in [5.74, 6) is 1.80. The van der Waals surface area contributed by atoms with Crippen molar-refractivity contribution in [3.05, 3.63) is 39.8 Å². The van der Waals surface area contributed by atoms with Crippen LogP contribution in [0.4, 0.5) is 0 Å². The summed E-state index contributed by atoms with van der Waals surface area (Å²) in [5.41, 5.74) is 1.34. The molecule has 6 heteroatoms. The van der Waals surface area contributed by atoms with Crippen molar-refractivity contribution in [3.63, 3.8) is 0 Å². The Balaban J connectivity index is 1.29. The number of carbonyl (C=O) groups excluding carboxylic acids is 1. The van der Waals surface area contributed by atoms with Gasteiger partial charge in [-0.05, 0) is 50.7 Å². The van der Waals surface area contributed by atoms with Crippen molar-refractivity contribution < 1.29 is 14.3 Å². The third-order valence-electron chi connectivity index (χ3n) is 5.48. The van der Waals surface area contributed by atoms with Gasteiger partial charge in [0.15, 0.2) is 18.1 Å². The summed E-state index contributed by atoms with van der Waals surface area (Å²) in [6.07, 6.45) is 6.90. The van der Waals surface area contributed by atoms with Crippen molar-refractivity contribution in [1.29, 1.82) is 0 Å². The number of hydrogen-bond acceptors (Lipinski definition) is 5. The lowest BCUT2D eigenvalue weighted by Crippen LogP contribution is -2.40. The first-order valence-corrected chi connectivity index (χ1v) is 10.6. The first-order chi connectivity index (χ1) is 13.2. The molecule has 1 aliphatic carbocycles. The van der Waals surface area contributed by atoms with E-state index in [9.17, 15) is 4.79 Å². The molecule has 1 amide bonds. The van der Waals surface area contributed by atoms with E-state index < -0.39 is 0 Å². The van der Waals surface area contributed by atoms with Crippen LogP contribution >= 0.6 is 11.3 Å².